The lowest BCUT2D eigenvalue weighted by Gasteiger charge is -2.06. The first-order chi connectivity index (χ1) is 6.43. The molecule has 0 radical (unpaired) electrons. The summed E-state index contributed by atoms with van der Waals surface area (Å²) in [6.07, 6.45) is 0. The van der Waals surface area contributed by atoms with E-state index in [0.717, 1.165) is 6.07 Å². The van der Waals surface area contributed by atoms with Gasteiger partial charge in [-0.2, -0.15) is 0 Å². The van der Waals surface area contributed by atoms with Crippen LogP contribution in [0.25, 0.3) is 0 Å². The molecule has 1 atom stereocenters. The standard InChI is InChI=1S/C9H6BrCl2FO/c1-4(10)9(14)6-2-5(11)3-7(13)8(6)12/h2-4H,1H3. The Morgan fingerprint density at radius 3 is 2.57 bits per heavy atom. The highest BCUT2D eigenvalue weighted by molar-refractivity contribution is 9.10. The molecule has 0 bridgehead atoms. The molecule has 1 nitrogen and oxygen atoms in total. The summed E-state index contributed by atoms with van der Waals surface area (Å²) in [6.45, 7) is 1.64. The molecule has 5 heteroatoms. The van der Waals surface area contributed by atoms with Gasteiger partial charge in [0.15, 0.2) is 5.78 Å². The molecule has 0 saturated heterocycles. The van der Waals surface area contributed by atoms with Crippen molar-refractivity contribution in [1.29, 1.82) is 0 Å². The van der Waals surface area contributed by atoms with E-state index in [1.165, 1.54) is 6.07 Å². The molecular weight excluding hydrogens is 294 g/mol. The Kier molecular flexibility index (Phi) is 3.93. The third kappa shape index (κ3) is 2.47. The number of halogens is 4. The predicted molar refractivity (Wildman–Crippen MR) is 59.1 cm³/mol. The van der Waals surface area contributed by atoms with Crippen LogP contribution in [-0.2, 0) is 0 Å². The van der Waals surface area contributed by atoms with Crippen molar-refractivity contribution in [2.75, 3.05) is 0 Å². The van der Waals surface area contributed by atoms with Crippen LogP contribution < -0.4 is 0 Å². The van der Waals surface area contributed by atoms with E-state index in [1.54, 1.807) is 6.92 Å². The molecule has 1 aromatic carbocycles. The van der Waals surface area contributed by atoms with Gasteiger partial charge in [0.1, 0.15) is 5.82 Å². The van der Waals surface area contributed by atoms with Gasteiger partial charge in [-0.3, -0.25) is 4.79 Å². The first-order valence-electron chi connectivity index (χ1n) is 3.76. The zero-order valence-electron chi connectivity index (χ0n) is 7.15. The zero-order chi connectivity index (χ0) is 10.9. The average molecular weight is 300 g/mol. The number of ketones is 1. The Balaban J connectivity index is 3.27. The summed E-state index contributed by atoms with van der Waals surface area (Å²) in [4.78, 5) is 11.1. The molecule has 1 aromatic rings. The van der Waals surface area contributed by atoms with Crippen molar-refractivity contribution >= 4 is 44.9 Å². The highest BCUT2D eigenvalue weighted by atomic mass is 79.9. The van der Waals surface area contributed by atoms with E-state index in [0.29, 0.717) is 0 Å². The average Bonchev–Trinajstić information content (AvgIpc) is 2.09. The first-order valence-corrected chi connectivity index (χ1v) is 5.43. The van der Waals surface area contributed by atoms with E-state index in [1.807, 2.05) is 0 Å². The normalized spacial score (nSPS) is 12.6. The third-order valence-corrected chi connectivity index (χ3v) is 2.64. The number of hydrogen-bond donors (Lipinski definition) is 0. The fourth-order valence-electron chi connectivity index (χ4n) is 0.950. The van der Waals surface area contributed by atoms with Crippen LogP contribution in [0.3, 0.4) is 0 Å². The van der Waals surface area contributed by atoms with E-state index in [2.05, 4.69) is 15.9 Å². The van der Waals surface area contributed by atoms with Crippen molar-refractivity contribution in [1.82, 2.24) is 0 Å². The molecule has 0 fully saturated rings. The third-order valence-electron chi connectivity index (χ3n) is 1.62. The maximum Gasteiger partial charge on any atom is 0.177 e. The minimum Gasteiger partial charge on any atom is -0.293 e. The van der Waals surface area contributed by atoms with Gasteiger partial charge in [-0.25, -0.2) is 4.39 Å². The molecule has 0 aliphatic carbocycles. The molecule has 0 saturated carbocycles. The van der Waals surface area contributed by atoms with Gasteiger partial charge < -0.3 is 0 Å². The van der Waals surface area contributed by atoms with E-state index in [4.69, 9.17) is 23.2 Å². The second kappa shape index (κ2) is 4.60. The molecule has 1 unspecified atom stereocenters. The maximum absolute atomic E-state index is 13.1. The van der Waals surface area contributed by atoms with Gasteiger partial charge >= 0.3 is 0 Å². The van der Waals surface area contributed by atoms with Gasteiger partial charge in [-0.05, 0) is 19.1 Å². The van der Waals surface area contributed by atoms with Gasteiger partial charge in [-0.1, -0.05) is 39.1 Å². The minimum atomic E-state index is -0.685. The molecule has 1 rings (SSSR count). The number of rotatable bonds is 2. The van der Waals surface area contributed by atoms with E-state index < -0.39 is 10.6 Å². The molecular formula is C9H6BrCl2FO. The largest absolute Gasteiger partial charge is 0.293 e. The van der Waals surface area contributed by atoms with E-state index >= 15 is 0 Å². The van der Waals surface area contributed by atoms with Crippen LogP contribution >= 0.6 is 39.1 Å². The number of Topliss-reactive ketones (excluding diaryl/α,β-unsaturated/α-hetero) is 1. The van der Waals surface area contributed by atoms with Gasteiger partial charge in [0, 0.05) is 10.6 Å². The SMILES string of the molecule is CC(Br)C(=O)c1cc(Cl)cc(F)c1Cl. The Hall–Kier alpha value is -0.120. The van der Waals surface area contributed by atoms with Crippen LogP contribution in [-0.4, -0.2) is 10.6 Å². The Labute approximate surface area is 99.3 Å². The summed E-state index contributed by atoms with van der Waals surface area (Å²) >= 11 is 14.3. The number of carbonyl (C=O) groups is 1. The van der Waals surface area contributed by atoms with Gasteiger partial charge in [-0.15, -0.1) is 0 Å². The number of benzene rings is 1. The van der Waals surface area contributed by atoms with E-state index in [-0.39, 0.29) is 21.4 Å². The number of carbonyl (C=O) groups excluding carboxylic acids is 1. The quantitative estimate of drug-likeness (QED) is 0.456. The fraction of sp³-hybridized carbons (Fsp3) is 0.222. The van der Waals surface area contributed by atoms with Crippen molar-refractivity contribution in [2.45, 2.75) is 11.8 Å². The van der Waals surface area contributed by atoms with Crippen molar-refractivity contribution in [3.05, 3.63) is 33.6 Å². The summed E-state index contributed by atoms with van der Waals surface area (Å²) < 4.78 is 13.1. The molecule has 0 amide bonds. The molecule has 0 heterocycles. The van der Waals surface area contributed by atoms with Crippen LogP contribution in [0.4, 0.5) is 4.39 Å². The highest BCUT2D eigenvalue weighted by Gasteiger charge is 2.18. The van der Waals surface area contributed by atoms with Crippen LogP contribution in [0, 0.1) is 5.82 Å². The lowest BCUT2D eigenvalue weighted by atomic mass is 10.1. The highest BCUT2D eigenvalue weighted by Crippen LogP contribution is 2.26. The van der Waals surface area contributed by atoms with Crippen molar-refractivity contribution in [3.63, 3.8) is 0 Å². The molecule has 14 heavy (non-hydrogen) atoms. The summed E-state index contributed by atoms with van der Waals surface area (Å²) in [5.41, 5.74) is 0.0982. The van der Waals surface area contributed by atoms with Crippen molar-refractivity contribution in [3.8, 4) is 0 Å². The molecule has 0 N–H and O–H groups in total. The van der Waals surface area contributed by atoms with Crippen LogP contribution in [0.2, 0.25) is 10.0 Å². The first kappa shape index (κ1) is 12.0. The fourth-order valence-corrected chi connectivity index (χ4v) is 1.60. The Morgan fingerprint density at radius 2 is 2.07 bits per heavy atom. The van der Waals surface area contributed by atoms with Gasteiger partial charge in [0.05, 0.1) is 9.85 Å². The lowest BCUT2D eigenvalue weighted by molar-refractivity contribution is 0.0995. The summed E-state index contributed by atoms with van der Waals surface area (Å²) in [7, 11) is 0. The number of hydrogen-bond acceptors (Lipinski definition) is 1. The van der Waals surface area contributed by atoms with Crippen molar-refractivity contribution < 1.29 is 9.18 Å². The number of alkyl halides is 1. The monoisotopic (exact) mass is 298 g/mol. The Bertz CT molecular complexity index is 379. The molecule has 76 valence electrons. The molecule has 0 aliphatic heterocycles. The summed E-state index contributed by atoms with van der Waals surface area (Å²) in [5, 5.41) is -0.0332. The second-order valence-electron chi connectivity index (χ2n) is 2.73. The minimum absolute atomic E-state index is 0.0982. The molecule has 0 aliphatic rings. The zero-order valence-corrected chi connectivity index (χ0v) is 10.3. The van der Waals surface area contributed by atoms with E-state index in [9.17, 15) is 9.18 Å². The molecule has 0 spiro atoms. The second-order valence-corrected chi connectivity index (χ2v) is 4.92. The summed E-state index contributed by atoms with van der Waals surface area (Å²) in [5.74, 6) is -0.980. The Morgan fingerprint density at radius 1 is 1.50 bits per heavy atom. The lowest BCUT2D eigenvalue weighted by Crippen LogP contribution is -2.11. The molecule has 0 aromatic heterocycles. The van der Waals surface area contributed by atoms with Gasteiger partial charge in [0.25, 0.3) is 0 Å². The maximum atomic E-state index is 13.1. The van der Waals surface area contributed by atoms with Crippen LogP contribution in [0.5, 0.6) is 0 Å². The summed E-state index contributed by atoms with van der Waals surface area (Å²) in [6, 6.07) is 2.42. The van der Waals surface area contributed by atoms with Gasteiger partial charge in [0.2, 0.25) is 0 Å². The van der Waals surface area contributed by atoms with Crippen LogP contribution in [0.1, 0.15) is 17.3 Å². The topological polar surface area (TPSA) is 17.1 Å². The van der Waals surface area contributed by atoms with Crippen LogP contribution in [0.15, 0.2) is 12.1 Å². The predicted octanol–water partition coefficient (Wildman–Crippen LogP) is 4.10. The smallest absolute Gasteiger partial charge is 0.177 e. The van der Waals surface area contributed by atoms with Crippen molar-refractivity contribution in [2.24, 2.45) is 0 Å².